The zero-order chi connectivity index (χ0) is 11.5. The minimum absolute atomic E-state index is 0.717. The van der Waals surface area contributed by atoms with Gasteiger partial charge in [0.1, 0.15) is 17.0 Å². The summed E-state index contributed by atoms with van der Waals surface area (Å²) in [6.07, 6.45) is 5.74. The van der Waals surface area contributed by atoms with Gasteiger partial charge in [0.05, 0.1) is 0 Å². The third kappa shape index (κ3) is 2.50. The van der Waals surface area contributed by atoms with E-state index >= 15 is 0 Å². The highest BCUT2D eigenvalue weighted by Gasteiger charge is 2.16. The average Bonchev–Trinajstić information content (AvgIpc) is 3.01. The molecule has 0 bridgehead atoms. The van der Waals surface area contributed by atoms with Crippen molar-refractivity contribution in [1.82, 2.24) is 20.3 Å². The molecule has 3 heterocycles. The van der Waals surface area contributed by atoms with Gasteiger partial charge in [0.15, 0.2) is 0 Å². The van der Waals surface area contributed by atoms with Gasteiger partial charge in [-0.3, -0.25) is 0 Å². The van der Waals surface area contributed by atoms with E-state index in [1.54, 1.807) is 17.7 Å². The second-order valence-corrected chi connectivity index (χ2v) is 5.19. The largest absolute Gasteiger partial charge is 0.316 e. The Hall–Kier alpha value is -1.33. The molecule has 1 saturated heterocycles. The second kappa shape index (κ2) is 4.89. The Morgan fingerprint density at radius 2 is 2.35 bits per heavy atom. The number of nitrogens with zero attached hydrogens (tertiary/aromatic N) is 3. The Morgan fingerprint density at radius 3 is 3.12 bits per heavy atom. The van der Waals surface area contributed by atoms with Crippen LogP contribution in [0.25, 0.3) is 10.7 Å². The molecule has 0 saturated carbocycles. The summed E-state index contributed by atoms with van der Waals surface area (Å²) in [4.78, 5) is 12.9. The van der Waals surface area contributed by atoms with E-state index in [2.05, 4.69) is 26.3 Å². The van der Waals surface area contributed by atoms with Crippen LogP contribution in [0.5, 0.6) is 0 Å². The summed E-state index contributed by atoms with van der Waals surface area (Å²) >= 11 is 1.61. The van der Waals surface area contributed by atoms with E-state index in [1.165, 1.54) is 6.42 Å². The predicted molar refractivity (Wildman–Crippen MR) is 67.8 cm³/mol. The SMILES string of the molecule is c1nc(CC2CCNC2)cc(-c2nccs2)n1. The molecule has 0 aromatic carbocycles. The van der Waals surface area contributed by atoms with Gasteiger partial charge in [0.2, 0.25) is 0 Å². The fourth-order valence-corrected chi connectivity index (χ4v) is 2.77. The molecule has 2 aromatic heterocycles. The van der Waals surface area contributed by atoms with Crippen LogP contribution in [0.15, 0.2) is 24.0 Å². The van der Waals surface area contributed by atoms with Gasteiger partial charge < -0.3 is 5.32 Å². The van der Waals surface area contributed by atoms with Crippen molar-refractivity contribution in [3.63, 3.8) is 0 Å². The van der Waals surface area contributed by atoms with E-state index in [4.69, 9.17) is 0 Å². The van der Waals surface area contributed by atoms with Crippen LogP contribution >= 0.6 is 11.3 Å². The van der Waals surface area contributed by atoms with Crippen molar-refractivity contribution >= 4 is 11.3 Å². The van der Waals surface area contributed by atoms with Gasteiger partial charge in [-0.05, 0) is 37.9 Å². The molecule has 0 radical (unpaired) electrons. The van der Waals surface area contributed by atoms with Crippen molar-refractivity contribution in [3.05, 3.63) is 29.7 Å². The van der Waals surface area contributed by atoms with Crippen LogP contribution in [0, 0.1) is 5.92 Å². The summed E-state index contributed by atoms with van der Waals surface area (Å²) in [5.41, 5.74) is 2.06. The minimum atomic E-state index is 0.717. The minimum Gasteiger partial charge on any atom is -0.316 e. The molecule has 0 amide bonds. The number of rotatable bonds is 3. The molecule has 1 aliphatic heterocycles. The summed E-state index contributed by atoms with van der Waals surface area (Å²) in [5.74, 6) is 0.717. The summed E-state index contributed by atoms with van der Waals surface area (Å²) in [6, 6.07) is 2.07. The van der Waals surface area contributed by atoms with Crippen molar-refractivity contribution in [1.29, 1.82) is 0 Å². The van der Waals surface area contributed by atoms with Crippen LogP contribution < -0.4 is 5.32 Å². The van der Waals surface area contributed by atoms with Crippen molar-refractivity contribution in [3.8, 4) is 10.7 Å². The summed E-state index contributed by atoms with van der Waals surface area (Å²) in [5, 5.41) is 6.32. The first-order valence-corrected chi connectivity index (χ1v) is 6.71. The molecular formula is C12H14N4S. The third-order valence-electron chi connectivity index (χ3n) is 3.04. The molecule has 0 aliphatic carbocycles. The molecular weight excluding hydrogens is 232 g/mol. The van der Waals surface area contributed by atoms with Gasteiger partial charge in [-0.1, -0.05) is 0 Å². The standard InChI is InChI=1S/C12H14N4S/c1-2-13-7-9(1)5-10-6-11(16-8-15-10)12-14-3-4-17-12/h3-4,6,8-9,13H,1-2,5,7H2. The number of aromatic nitrogens is 3. The lowest BCUT2D eigenvalue weighted by molar-refractivity contribution is 0.571. The Bertz CT molecular complexity index is 477. The van der Waals surface area contributed by atoms with E-state index < -0.39 is 0 Å². The smallest absolute Gasteiger partial charge is 0.141 e. The lowest BCUT2D eigenvalue weighted by atomic mass is 10.0. The molecule has 17 heavy (non-hydrogen) atoms. The van der Waals surface area contributed by atoms with Crippen LogP contribution in [0.1, 0.15) is 12.1 Å². The lowest BCUT2D eigenvalue weighted by Crippen LogP contribution is -2.11. The molecule has 4 nitrogen and oxygen atoms in total. The summed E-state index contributed by atoms with van der Waals surface area (Å²) < 4.78 is 0. The van der Waals surface area contributed by atoms with Crippen molar-refractivity contribution in [2.45, 2.75) is 12.8 Å². The lowest BCUT2D eigenvalue weighted by Gasteiger charge is -2.07. The van der Waals surface area contributed by atoms with Crippen LogP contribution in [0.3, 0.4) is 0 Å². The van der Waals surface area contributed by atoms with Crippen LogP contribution in [0.2, 0.25) is 0 Å². The molecule has 2 aromatic rings. The van der Waals surface area contributed by atoms with E-state index in [0.29, 0.717) is 5.92 Å². The molecule has 1 unspecified atom stereocenters. The average molecular weight is 246 g/mol. The van der Waals surface area contributed by atoms with Gasteiger partial charge in [-0.25, -0.2) is 15.0 Å². The Kier molecular flexibility index (Phi) is 3.11. The second-order valence-electron chi connectivity index (χ2n) is 4.29. The summed E-state index contributed by atoms with van der Waals surface area (Å²) in [7, 11) is 0. The molecule has 3 rings (SSSR count). The first kappa shape index (κ1) is 10.8. The highest BCUT2D eigenvalue weighted by Crippen LogP contribution is 2.21. The molecule has 1 fully saturated rings. The normalized spacial score (nSPS) is 19.6. The topological polar surface area (TPSA) is 50.7 Å². The zero-order valence-electron chi connectivity index (χ0n) is 9.47. The maximum Gasteiger partial charge on any atom is 0.141 e. The van der Waals surface area contributed by atoms with Gasteiger partial charge in [-0.15, -0.1) is 11.3 Å². The van der Waals surface area contributed by atoms with Gasteiger partial charge >= 0.3 is 0 Å². The molecule has 88 valence electrons. The van der Waals surface area contributed by atoms with Crippen molar-refractivity contribution < 1.29 is 0 Å². The molecule has 1 atom stereocenters. The number of hydrogen-bond donors (Lipinski definition) is 1. The fraction of sp³-hybridized carbons (Fsp3) is 0.417. The third-order valence-corrected chi connectivity index (χ3v) is 3.83. The monoisotopic (exact) mass is 246 g/mol. The highest BCUT2D eigenvalue weighted by molar-refractivity contribution is 7.13. The van der Waals surface area contributed by atoms with Gasteiger partial charge in [-0.2, -0.15) is 0 Å². The highest BCUT2D eigenvalue weighted by atomic mass is 32.1. The first-order chi connectivity index (χ1) is 8.42. The fourth-order valence-electron chi connectivity index (χ4n) is 2.16. The van der Waals surface area contributed by atoms with Crippen molar-refractivity contribution in [2.24, 2.45) is 5.92 Å². The maximum atomic E-state index is 4.35. The predicted octanol–water partition coefficient (Wildman–Crippen LogP) is 1.75. The number of thiazole rings is 1. The molecule has 5 heteroatoms. The Balaban J connectivity index is 1.79. The van der Waals surface area contributed by atoms with E-state index in [9.17, 15) is 0 Å². The first-order valence-electron chi connectivity index (χ1n) is 5.83. The van der Waals surface area contributed by atoms with Crippen LogP contribution in [-0.2, 0) is 6.42 Å². The number of hydrogen-bond acceptors (Lipinski definition) is 5. The summed E-state index contributed by atoms with van der Waals surface area (Å²) in [6.45, 7) is 2.24. The van der Waals surface area contributed by atoms with Gasteiger partial charge in [0, 0.05) is 17.3 Å². The Labute approximate surface area is 104 Å². The zero-order valence-corrected chi connectivity index (χ0v) is 10.3. The van der Waals surface area contributed by atoms with Crippen LogP contribution in [0.4, 0.5) is 0 Å². The van der Waals surface area contributed by atoms with E-state index in [1.807, 2.05) is 11.6 Å². The van der Waals surface area contributed by atoms with Gasteiger partial charge in [0.25, 0.3) is 0 Å². The van der Waals surface area contributed by atoms with Crippen molar-refractivity contribution in [2.75, 3.05) is 13.1 Å². The van der Waals surface area contributed by atoms with Crippen LogP contribution in [-0.4, -0.2) is 28.0 Å². The Morgan fingerprint density at radius 1 is 1.35 bits per heavy atom. The molecule has 1 N–H and O–H groups in total. The quantitative estimate of drug-likeness (QED) is 0.896. The molecule has 1 aliphatic rings. The molecule has 0 spiro atoms. The maximum absolute atomic E-state index is 4.35. The number of nitrogens with one attached hydrogen (secondary N) is 1. The van der Waals surface area contributed by atoms with E-state index in [0.717, 1.165) is 35.9 Å². The van der Waals surface area contributed by atoms with E-state index in [-0.39, 0.29) is 0 Å².